The van der Waals surface area contributed by atoms with Gasteiger partial charge in [-0.15, -0.1) is 11.3 Å². The molecule has 3 aromatic heterocycles. The highest BCUT2D eigenvalue weighted by molar-refractivity contribution is 7.92. The predicted octanol–water partition coefficient (Wildman–Crippen LogP) is 3.68. The van der Waals surface area contributed by atoms with Gasteiger partial charge in [-0.05, 0) is 64.8 Å². The second kappa shape index (κ2) is 11.4. The molecule has 0 aromatic carbocycles. The Morgan fingerprint density at radius 1 is 1.21 bits per heavy atom. The van der Waals surface area contributed by atoms with Gasteiger partial charge in [-0.25, -0.2) is 18.4 Å². The molecule has 202 valence electrons. The fourth-order valence-corrected chi connectivity index (χ4v) is 7.19. The highest BCUT2D eigenvalue weighted by atomic mass is 32.2. The van der Waals surface area contributed by atoms with Crippen LogP contribution in [-0.2, 0) is 9.84 Å². The van der Waals surface area contributed by atoms with Crippen LogP contribution in [0.3, 0.4) is 0 Å². The van der Waals surface area contributed by atoms with Crippen molar-refractivity contribution in [2.75, 3.05) is 20.2 Å². The highest BCUT2D eigenvalue weighted by Crippen LogP contribution is 2.35. The monoisotopic (exact) mass is 556 g/mol. The van der Waals surface area contributed by atoms with Gasteiger partial charge in [-0.3, -0.25) is 14.8 Å². The van der Waals surface area contributed by atoms with Gasteiger partial charge in [-0.2, -0.15) is 0 Å². The van der Waals surface area contributed by atoms with E-state index in [1.165, 1.54) is 17.5 Å². The molecule has 2 fully saturated rings. The van der Waals surface area contributed by atoms with E-state index < -0.39 is 15.9 Å². The third kappa shape index (κ3) is 6.02. The molecule has 1 saturated carbocycles. The largest absolute Gasteiger partial charge is 0.477 e. The number of hydrogen-bond donors (Lipinski definition) is 1. The Morgan fingerprint density at radius 2 is 2.05 bits per heavy atom. The number of hydrogen-bond acceptors (Lipinski definition) is 10. The maximum Gasteiger partial charge on any atom is 0.280 e. The Labute approximate surface area is 226 Å². The maximum atomic E-state index is 13.4. The van der Waals surface area contributed by atoms with Crippen LogP contribution in [0.1, 0.15) is 67.0 Å². The zero-order chi connectivity index (χ0) is 26.7. The average molecular weight is 557 g/mol. The van der Waals surface area contributed by atoms with Crippen molar-refractivity contribution in [1.29, 1.82) is 0 Å². The maximum absolute atomic E-state index is 13.4. The van der Waals surface area contributed by atoms with Crippen molar-refractivity contribution in [3.63, 3.8) is 0 Å². The number of carbonyl (C=O) groups excluding carboxylic acids is 1. The summed E-state index contributed by atoms with van der Waals surface area (Å²) in [6, 6.07) is 2.97. The SMILES string of the molecule is CCOc1cncc(-c2cnc(C(=O)N[C@H](CC3CCCCN3C)c3cc(S(=O)(=O)C4CC4)ccn3)s2)n1. The fourth-order valence-electron chi connectivity index (χ4n) is 4.74. The number of rotatable bonds is 10. The lowest BCUT2D eigenvalue weighted by molar-refractivity contribution is 0.0915. The van der Waals surface area contributed by atoms with Gasteiger partial charge in [0.1, 0.15) is 5.69 Å². The van der Waals surface area contributed by atoms with Crippen molar-refractivity contribution in [3.8, 4) is 16.5 Å². The third-order valence-electron chi connectivity index (χ3n) is 6.99. The molecule has 2 atom stereocenters. The van der Waals surface area contributed by atoms with Crippen LogP contribution < -0.4 is 10.1 Å². The van der Waals surface area contributed by atoms with Crippen LogP contribution >= 0.6 is 11.3 Å². The Balaban J connectivity index is 1.39. The second-order valence-corrected chi connectivity index (χ2v) is 13.0. The number of sulfone groups is 1. The summed E-state index contributed by atoms with van der Waals surface area (Å²) in [6.45, 7) is 3.34. The van der Waals surface area contributed by atoms with Gasteiger partial charge in [0.05, 0.1) is 45.8 Å². The number of thiazole rings is 1. The molecule has 1 aliphatic heterocycles. The van der Waals surface area contributed by atoms with Crippen LogP contribution in [0.25, 0.3) is 10.6 Å². The predicted molar refractivity (Wildman–Crippen MR) is 144 cm³/mol. The van der Waals surface area contributed by atoms with Crippen LogP contribution in [0.4, 0.5) is 0 Å². The number of piperidine rings is 1. The molecule has 10 nitrogen and oxygen atoms in total. The molecular formula is C26H32N6O4S2. The van der Waals surface area contributed by atoms with Gasteiger partial charge < -0.3 is 15.0 Å². The molecule has 3 aromatic rings. The molecule has 1 aliphatic carbocycles. The van der Waals surface area contributed by atoms with Crippen molar-refractivity contribution < 1.29 is 17.9 Å². The number of pyridine rings is 1. The van der Waals surface area contributed by atoms with E-state index in [-0.39, 0.29) is 27.1 Å². The molecule has 1 amide bonds. The van der Waals surface area contributed by atoms with Gasteiger partial charge in [0, 0.05) is 18.4 Å². The van der Waals surface area contributed by atoms with Crippen molar-refractivity contribution in [3.05, 3.63) is 47.6 Å². The number of amides is 1. The lowest BCUT2D eigenvalue weighted by Crippen LogP contribution is -2.40. The summed E-state index contributed by atoms with van der Waals surface area (Å²) in [5.41, 5.74) is 1.12. The summed E-state index contributed by atoms with van der Waals surface area (Å²) in [6.07, 6.45) is 11.6. The van der Waals surface area contributed by atoms with Crippen molar-refractivity contribution in [1.82, 2.24) is 30.2 Å². The first-order valence-electron chi connectivity index (χ1n) is 13.0. The van der Waals surface area contributed by atoms with E-state index in [0.29, 0.717) is 48.0 Å². The Kier molecular flexibility index (Phi) is 8.01. The molecule has 1 saturated heterocycles. The first kappa shape index (κ1) is 26.6. The summed E-state index contributed by atoms with van der Waals surface area (Å²) in [5.74, 6) is 0.0732. The van der Waals surface area contributed by atoms with Crippen LogP contribution in [0.2, 0.25) is 0 Å². The smallest absolute Gasteiger partial charge is 0.280 e. The molecule has 12 heteroatoms. The van der Waals surface area contributed by atoms with Gasteiger partial charge in [0.25, 0.3) is 5.91 Å². The summed E-state index contributed by atoms with van der Waals surface area (Å²) in [5, 5.41) is 3.07. The number of ether oxygens (including phenoxy) is 1. The lowest BCUT2D eigenvalue weighted by Gasteiger charge is -2.35. The Morgan fingerprint density at radius 3 is 2.82 bits per heavy atom. The summed E-state index contributed by atoms with van der Waals surface area (Å²) in [7, 11) is -1.29. The topological polar surface area (TPSA) is 127 Å². The second-order valence-electron chi connectivity index (χ2n) is 9.76. The fraction of sp³-hybridized carbons (Fsp3) is 0.500. The van der Waals surface area contributed by atoms with Crippen molar-refractivity contribution in [2.45, 2.75) is 67.7 Å². The molecule has 0 spiro atoms. The normalized spacial score (nSPS) is 19.2. The Bertz CT molecular complexity index is 1390. The molecular weight excluding hydrogens is 524 g/mol. The minimum absolute atomic E-state index is 0.253. The summed E-state index contributed by atoms with van der Waals surface area (Å²) < 4.78 is 31.2. The number of nitrogens with one attached hydrogen (secondary N) is 1. The quantitative estimate of drug-likeness (QED) is 0.398. The van der Waals surface area contributed by atoms with Crippen LogP contribution in [0.15, 0.2) is 41.8 Å². The first-order chi connectivity index (χ1) is 18.3. The van der Waals surface area contributed by atoms with Crippen molar-refractivity contribution in [2.24, 2.45) is 0 Å². The highest BCUT2D eigenvalue weighted by Gasteiger charge is 2.37. The third-order valence-corrected chi connectivity index (χ3v) is 10.3. The van der Waals surface area contributed by atoms with Gasteiger partial charge in [0.15, 0.2) is 14.8 Å². The van der Waals surface area contributed by atoms with Crippen LogP contribution in [0, 0.1) is 0 Å². The molecule has 0 radical (unpaired) electrons. The lowest BCUT2D eigenvalue weighted by atomic mass is 9.94. The number of likely N-dealkylation sites (tertiary alicyclic amines) is 1. The minimum Gasteiger partial charge on any atom is -0.477 e. The number of nitrogens with zero attached hydrogens (tertiary/aromatic N) is 5. The standard InChI is InChI=1S/C26H32N6O4S2/c1-3-36-24-16-27-14-22(30-24)23-15-29-26(37-23)25(33)31-21(12-17-6-4-5-11-32(17)2)20-13-19(9-10-28-20)38(34,35)18-7-8-18/h9-10,13-18,21H,3-8,11-12H2,1-2H3,(H,31,33)/t17?,21-/m1/s1. The molecule has 1 N–H and O–H groups in total. The summed E-state index contributed by atoms with van der Waals surface area (Å²) >= 11 is 1.22. The van der Waals surface area contributed by atoms with E-state index in [9.17, 15) is 13.2 Å². The van der Waals surface area contributed by atoms with E-state index in [0.717, 1.165) is 25.8 Å². The molecule has 4 heterocycles. The summed E-state index contributed by atoms with van der Waals surface area (Å²) in [4.78, 5) is 34.1. The molecule has 1 unspecified atom stereocenters. The number of aromatic nitrogens is 4. The van der Waals surface area contributed by atoms with E-state index in [2.05, 4.69) is 37.2 Å². The average Bonchev–Trinajstić information content (AvgIpc) is 3.67. The zero-order valence-electron chi connectivity index (χ0n) is 21.5. The van der Waals surface area contributed by atoms with E-state index in [1.807, 2.05) is 6.92 Å². The molecule has 38 heavy (non-hydrogen) atoms. The van der Waals surface area contributed by atoms with Crippen LogP contribution in [0.5, 0.6) is 5.88 Å². The van der Waals surface area contributed by atoms with E-state index in [1.54, 1.807) is 30.7 Å². The molecule has 2 aliphatic rings. The zero-order valence-corrected chi connectivity index (χ0v) is 23.2. The van der Waals surface area contributed by atoms with Gasteiger partial charge in [0.2, 0.25) is 5.88 Å². The van der Waals surface area contributed by atoms with Gasteiger partial charge in [-0.1, -0.05) is 6.42 Å². The van der Waals surface area contributed by atoms with E-state index in [4.69, 9.17) is 4.74 Å². The Hall–Kier alpha value is -2.96. The van der Waals surface area contributed by atoms with Gasteiger partial charge >= 0.3 is 0 Å². The molecule has 0 bridgehead atoms. The first-order valence-corrected chi connectivity index (χ1v) is 15.3. The minimum atomic E-state index is -3.38. The molecule has 5 rings (SSSR count). The van der Waals surface area contributed by atoms with E-state index >= 15 is 0 Å². The van der Waals surface area contributed by atoms with Crippen molar-refractivity contribution >= 4 is 27.1 Å². The van der Waals surface area contributed by atoms with Crippen LogP contribution in [-0.4, -0.2) is 70.7 Å². The number of carbonyl (C=O) groups is 1.